The molecule has 0 aromatic carbocycles. The SMILES string of the molecule is CCn1cnnc1CN=C1NC(CC)(CC)CS1. The second kappa shape index (κ2) is 5.73. The number of aryl methyl sites for hydroxylation is 1. The molecule has 1 aliphatic rings. The lowest BCUT2D eigenvalue weighted by Crippen LogP contribution is -2.42. The van der Waals surface area contributed by atoms with Crippen molar-refractivity contribution in [2.45, 2.75) is 52.2 Å². The molecule has 0 atom stereocenters. The van der Waals surface area contributed by atoms with Crippen LogP contribution < -0.4 is 5.32 Å². The smallest absolute Gasteiger partial charge is 0.157 e. The summed E-state index contributed by atoms with van der Waals surface area (Å²) < 4.78 is 2.02. The quantitative estimate of drug-likeness (QED) is 0.887. The van der Waals surface area contributed by atoms with Gasteiger partial charge in [-0.05, 0) is 19.8 Å². The highest BCUT2D eigenvalue weighted by atomic mass is 32.2. The number of aliphatic imine (C=N–C) groups is 1. The molecular weight excluding hydrogens is 246 g/mol. The number of aromatic nitrogens is 3. The van der Waals surface area contributed by atoms with Gasteiger partial charge in [-0.1, -0.05) is 25.6 Å². The summed E-state index contributed by atoms with van der Waals surface area (Å²) in [5, 5.41) is 12.6. The van der Waals surface area contributed by atoms with Gasteiger partial charge < -0.3 is 9.88 Å². The Morgan fingerprint density at radius 3 is 2.83 bits per heavy atom. The minimum absolute atomic E-state index is 0.238. The summed E-state index contributed by atoms with van der Waals surface area (Å²) in [5.74, 6) is 2.04. The van der Waals surface area contributed by atoms with Gasteiger partial charge in [0.2, 0.25) is 0 Å². The number of rotatable bonds is 5. The van der Waals surface area contributed by atoms with Crippen molar-refractivity contribution < 1.29 is 0 Å². The summed E-state index contributed by atoms with van der Waals surface area (Å²) in [4.78, 5) is 4.61. The minimum Gasteiger partial charge on any atom is -0.359 e. The van der Waals surface area contributed by atoms with Crippen molar-refractivity contribution in [1.29, 1.82) is 0 Å². The van der Waals surface area contributed by atoms with E-state index in [1.54, 1.807) is 6.33 Å². The molecule has 5 nitrogen and oxygen atoms in total. The molecule has 2 heterocycles. The molecule has 0 saturated carbocycles. The standard InChI is InChI=1S/C12H21N5S/c1-4-12(5-2)8-18-11(15-12)13-7-10-16-14-9-17(10)6-3/h9H,4-8H2,1-3H3,(H,13,15). The molecular formula is C12H21N5S. The number of hydrogen-bond acceptors (Lipinski definition) is 4. The maximum atomic E-state index is 4.61. The van der Waals surface area contributed by atoms with Gasteiger partial charge in [0, 0.05) is 17.8 Å². The molecule has 1 aliphatic heterocycles. The molecule has 1 saturated heterocycles. The van der Waals surface area contributed by atoms with Gasteiger partial charge in [0.15, 0.2) is 11.0 Å². The third kappa shape index (κ3) is 2.68. The molecule has 0 radical (unpaired) electrons. The first-order valence-corrected chi connectivity index (χ1v) is 7.53. The Morgan fingerprint density at radius 2 is 2.22 bits per heavy atom. The van der Waals surface area contributed by atoms with Crippen molar-refractivity contribution in [2.75, 3.05) is 5.75 Å². The van der Waals surface area contributed by atoms with Crippen LogP contribution in [0.25, 0.3) is 0 Å². The van der Waals surface area contributed by atoms with Gasteiger partial charge in [0.1, 0.15) is 12.9 Å². The van der Waals surface area contributed by atoms with E-state index >= 15 is 0 Å². The molecule has 2 rings (SSSR count). The predicted molar refractivity (Wildman–Crippen MR) is 75.7 cm³/mol. The average Bonchev–Trinajstić information content (AvgIpc) is 3.03. The van der Waals surface area contributed by atoms with Gasteiger partial charge in [-0.25, -0.2) is 0 Å². The van der Waals surface area contributed by atoms with Gasteiger partial charge in [-0.15, -0.1) is 10.2 Å². The molecule has 1 aromatic rings. The molecule has 0 amide bonds. The van der Waals surface area contributed by atoms with Gasteiger partial charge in [-0.3, -0.25) is 4.99 Å². The maximum absolute atomic E-state index is 4.61. The topological polar surface area (TPSA) is 55.1 Å². The summed E-state index contributed by atoms with van der Waals surface area (Å²) in [6, 6.07) is 0. The van der Waals surface area contributed by atoms with Crippen molar-refractivity contribution in [3.05, 3.63) is 12.2 Å². The highest BCUT2D eigenvalue weighted by Crippen LogP contribution is 2.28. The highest BCUT2D eigenvalue weighted by Gasteiger charge is 2.33. The normalized spacial score (nSPS) is 20.3. The number of thioether (sulfide) groups is 1. The Morgan fingerprint density at radius 1 is 1.44 bits per heavy atom. The summed E-state index contributed by atoms with van der Waals surface area (Å²) in [7, 11) is 0. The van der Waals surface area contributed by atoms with Crippen LogP contribution in [0.4, 0.5) is 0 Å². The number of nitrogens with one attached hydrogen (secondary N) is 1. The molecule has 1 aromatic heterocycles. The van der Waals surface area contributed by atoms with Gasteiger partial charge in [0.25, 0.3) is 0 Å². The van der Waals surface area contributed by atoms with Gasteiger partial charge >= 0.3 is 0 Å². The van der Waals surface area contributed by atoms with Crippen LogP contribution in [-0.2, 0) is 13.1 Å². The van der Waals surface area contributed by atoms with E-state index in [0.29, 0.717) is 6.54 Å². The van der Waals surface area contributed by atoms with Crippen LogP contribution >= 0.6 is 11.8 Å². The molecule has 100 valence electrons. The Hall–Kier alpha value is -1.04. The Kier molecular flexibility index (Phi) is 4.27. The van der Waals surface area contributed by atoms with Crippen molar-refractivity contribution in [3.63, 3.8) is 0 Å². The Balaban J connectivity index is 2.00. The Bertz CT molecular complexity index is 422. The molecule has 0 unspecified atom stereocenters. The van der Waals surface area contributed by atoms with E-state index in [9.17, 15) is 0 Å². The van der Waals surface area contributed by atoms with Crippen LogP contribution in [0.3, 0.4) is 0 Å². The molecule has 0 spiro atoms. The third-order valence-corrected chi connectivity index (χ3v) is 4.81. The Labute approximate surface area is 112 Å². The first-order valence-electron chi connectivity index (χ1n) is 6.55. The van der Waals surface area contributed by atoms with Crippen molar-refractivity contribution in [1.82, 2.24) is 20.1 Å². The van der Waals surface area contributed by atoms with Gasteiger partial charge in [0.05, 0.1) is 0 Å². The molecule has 1 fully saturated rings. The fourth-order valence-electron chi connectivity index (χ4n) is 2.03. The van der Waals surface area contributed by atoms with E-state index in [1.165, 1.54) is 0 Å². The lowest BCUT2D eigenvalue weighted by Gasteiger charge is -2.25. The minimum atomic E-state index is 0.238. The van der Waals surface area contributed by atoms with Crippen LogP contribution in [0.2, 0.25) is 0 Å². The molecule has 0 aliphatic carbocycles. The van der Waals surface area contributed by atoms with Crippen LogP contribution in [0.15, 0.2) is 11.3 Å². The van der Waals surface area contributed by atoms with Crippen LogP contribution in [0, 0.1) is 0 Å². The van der Waals surface area contributed by atoms with E-state index in [2.05, 4.69) is 41.3 Å². The largest absolute Gasteiger partial charge is 0.359 e. The number of amidine groups is 1. The van der Waals surface area contributed by atoms with Gasteiger partial charge in [-0.2, -0.15) is 0 Å². The van der Waals surface area contributed by atoms with Crippen LogP contribution in [0.5, 0.6) is 0 Å². The predicted octanol–water partition coefficient (Wildman–Crippen LogP) is 2.05. The second-order valence-electron chi connectivity index (χ2n) is 4.56. The first kappa shape index (κ1) is 13.4. The fourth-order valence-corrected chi connectivity index (χ4v) is 3.37. The van der Waals surface area contributed by atoms with E-state index in [-0.39, 0.29) is 5.54 Å². The maximum Gasteiger partial charge on any atom is 0.157 e. The summed E-state index contributed by atoms with van der Waals surface area (Å²) >= 11 is 1.82. The molecule has 1 N–H and O–H groups in total. The van der Waals surface area contributed by atoms with E-state index in [4.69, 9.17) is 0 Å². The molecule has 0 bridgehead atoms. The zero-order chi connectivity index (χ0) is 13.0. The average molecular weight is 267 g/mol. The summed E-state index contributed by atoms with van der Waals surface area (Å²) in [6.07, 6.45) is 4.04. The molecule has 6 heteroatoms. The van der Waals surface area contributed by atoms with Crippen molar-refractivity contribution >= 4 is 16.9 Å². The lowest BCUT2D eigenvalue weighted by molar-refractivity contribution is 0.407. The highest BCUT2D eigenvalue weighted by molar-refractivity contribution is 8.14. The third-order valence-electron chi connectivity index (χ3n) is 3.61. The monoisotopic (exact) mass is 267 g/mol. The van der Waals surface area contributed by atoms with E-state index in [1.807, 2.05) is 16.3 Å². The van der Waals surface area contributed by atoms with Crippen molar-refractivity contribution in [2.24, 2.45) is 4.99 Å². The van der Waals surface area contributed by atoms with Crippen molar-refractivity contribution in [3.8, 4) is 0 Å². The second-order valence-corrected chi connectivity index (χ2v) is 5.52. The number of nitrogens with zero attached hydrogens (tertiary/aromatic N) is 4. The zero-order valence-electron chi connectivity index (χ0n) is 11.3. The molecule has 18 heavy (non-hydrogen) atoms. The lowest BCUT2D eigenvalue weighted by atomic mass is 9.96. The van der Waals surface area contributed by atoms with Crippen LogP contribution in [-0.4, -0.2) is 31.2 Å². The van der Waals surface area contributed by atoms with Crippen LogP contribution in [0.1, 0.15) is 39.4 Å². The van der Waals surface area contributed by atoms with E-state index < -0.39 is 0 Å². The van der Waals surface area contributed by atoms with E-state index in [0.717, 1.165) is 36.1 Å². The first-order chi connectivity index (χ1) is 8.73. The fraction of sp³-hybridized carbons (Fsp3) is 0.750. The summed E-state index contributed by atoms with van der Waals surface area (Å²) in [6.45, 7) is 8.04. The summed E-state index contributed by atoms with van der Waals surface area (Å²) in [5.41, 5.74) is 0.238. The zero-order valence-corrected chi connectivity index (χ0v) is 12.1. The number of hydrogen-bond donors (Lipinski definition) is 1.